The molecule has 0 unspecified atom stereocenters. The predicted molar refractivity (Wildman–Crippen MR) is 103 cm³/mol. The van der Waals surface area contributed by atoms with E-state index in [-0.39, 0.29) is 5.91 Å². The molecule has 0 aliphatic heterocycles. The van der Waals surface area contributed by atoms with Crippen LogP contribution < -0.4 is 16.0 Å². The van der Waals surface area contributed by atoms with Crippen molar-refractivity contribution in [3.63, 3.8) is 0 Å². The van der Waals surface area contributed by atoms with Gasteiger partial charge in [0.25, 0.3) is 0 Å². The van der Waals surface area contributed by atoms with Gasteiger partial charge in [-0.05, 0) is 30.5 Å². The molecule has 9 heteroatoms. The Bertz CT molecular complexity index is 758. The highest BCUT2D eigenvalue weighted by Gasteiger charge is 2.04. The Balaban J connectivity index is 1.71. The van der Waals surface area contributed by atoms with E-state index in [4.69, 9.17) is 5.11 Å². The minimum absolute atomic E-state index is 0.113. The van der Waals surface area contributed by atoms with E-state index in [9.17, 15) is 9.59 Å². The zero-order valence-corrected chi connectivity index (χ0v) is 15.2. The van der Waals surface area contributed by atoms with Crippen LogP contribution in [0.15, 0.2) is 34.6 Å². The Hall–Kier alpha value is -2.94. The lowest BCUT2D eigenvalue weighted by Crippen LogP contribution is -2.19. The fraction of sp³-hybridized carbons (Fsp3) is 0.294. The molecule has 1 heterocycles. The molecule has 1 aromatic heterocycles. The summed E-state index contributed by atoms with van der Waals surface area (Å²) in [6.45, 7) is 2.56. The van der Waals surface area contributed by atoms with E-state index in [1.54, 1.807) is 0 Å². The van der Waals surface area contributed by atoms with Crippen LogP contribution in [0.5, 0.6) is 0 Å². The molecule has 0 aliphatic rings. The quantitative estimate of drug-likeness (QED) is 0.305. The third kappa shape index (κ3) is 7.31. The second-order valence-corrected chi connectivity index (χ2v) is 6.29. The van der Waals surface area contributed by atoms with Gasteiger partial charge >= 0.3 is 6.09 Å². The van der Waals surface area contributed by atoms with Crippen molar-refractivity contribution in [2.75, 3.05) is 23.7 Å². The number of hydrogen-bond acceptors (Lipinski definition) is 6. The van der Waals surface area contributed by atoms with Crippen LogP contribution in [0.2, 0.25) is 0 Å². The number of carbonyl (C=O) groups excluding carboxylic acids is 1. The highest BCUT2D eigenvalue weighted by Crippen LogP contribution is 2.17. The van der Waals surface area contributed by atoms with Gasteiger partial charge in [0.2, 0.25) is 5.91 Å². The predicted octanol–water partition coefficient (Wildman–Crippen LogP) is 2.59. The van der Waals surface area contributed by atoms with Crippen LogP contribution in [-0.4, -0.2) is 41.5 Å². The molecule has 0 saturated heterocycles. The standard InChI is InChI=1S/C17H21N5O3S/c1-12(23)21-16-22-15(10-26-16)7-4-13-2-5-14(6-3-13)19-9-8-18-11-20-17(24)25/h2-3,5-6,10-11,19H,4,7-9H2,1H3,(H,18,20)(H,24,25)(H,21,22,23). The molecule has 1 aromatic carbocycles. The third-order valence-electron chi connectivity index (χ3n) is 3.31. The summed E-state index contributed by atoms with van der Waals surface area (Å²) >= 11 is 1.43. The Morgan fingerprint density at radius 3 is 2.73 bits per heavy atom. The number of anilines is 2. The number of carbonyl (C=O) groups is 2. The summed E-state index contributed by atoms with van der Waals surface area (Å²) < 4.78 is 0. The van der Waals surface area contributed by atoms with Crippen molar-refractivity contribution < 1.29 is 14.7 Å². The van der Waals surface area contributed by atoms with E-state index in [0.29, 0.717) is 18.2 Å². The summed E-state index contributed by atoms with van der Waals surface area (Å²) in [7, 11) is 0. The highest BCUT2D eigenvalue weighted by molar-refractivity contribution is 7.13. The number of hydrogen-bond donors (Lipinski definition) is 4. The molecule has 8 nitrogen and oxygen atoms in total. The lowest BCUT2D eigenvalue weighted by Gasteiger charge is -2.06. The van der Waals surface area contributed by atoms with Crippen LogP contribution in [0.3, 0.4) is 0 Å². The van der Waals surface area contributed by atoms with Crippen molar-refractivity contribution in [2.24, 2.45) is 4.99 Å². The largest absolute Gasteiger partial charge is 0.465 e. The Morgan fingerprint density at radius 1 is 1.27 bits per heavy atom. The van der Waals surface area contributed by atoms with Gasteiger partial charge in [-0.15, -0.1) is 11.3 Å². The van der Waals surface area contributed by atoms with Gasteiger partial charge < -0.3 is 15.7 Å². The molecule has 2 aromatic rings. The summed E-state index contributed by atoms with van der Waals surface area (Å²) in [6, 6.07) is 8.11. The topological polar surface area (TPSA) is 116 Å². The lowest BCUT2D eigenvalue weighted by atomic mass is 10.1. The van der Waals surface area contributed by atoms with Crippen molar-refractivity contribution in [1.29, 1.82) is 0 Å². The first-order valence-electron chi connectivity index (χ1n) is 8.05. The molecule has 0 bridgehead atoms. The first-order chi connectivity index (χ1) is 12.5. The number of aliphatic imine (C=N–C) groups is 1. The number of aryl methyl sites for hydroxylation is 2. The van der Waals surface area contributed by atoms with Gasteiger partial charge in [0, 0.05) is 24.5 Å². The zero-order chi connectivity index (χ0) is 18.8. The summed E-state index contributed by atoms with van der Waals surface area (Å²) in [5.74, 6) is -0.113. The molecule has 0 spiro atoms. The molecule has 0 radical (unpaired) electrons. The molecule has 0 atom stereocenters. The molecule has 0 saturated carbocycles. The van der Waals surface area contributed by atoms with Crippen molar-refractivity contribution in [3.8, 4) is 0 Å². The van der Waals surface area contributed by atoms with Crippen LogP contribution >= 0.6 is 11.3 Å². The molecule has 26 heavy (non-hydrogen) atoms. The molecule has 0 aliphatic carbocycles. The summed E-state index contributed by atoms with van der Waals surface area (Å²) in [4.78, 5) is 29.5. The normalized spacial score (nSPS) is 10.7. The van der Waals surface area contributed by atoms with E-state index in [1.165, 1.54) is 30.2 Å². The van der Waals surface area contributed by atoms with Gasteiger partial charge in [-0.25, -0.2) is 9.78 Å². The maximum Gasteiger partial charge on any atom is 0.409 e. The third-order valence-corrected chi connectivity index (χ3v) is 4.11. The maximum absolute atomic E-state index is 11.0. The van der Waals surface area contributed by atoms with Crippen molar-refractivity contribution in [3.05, 3.63) is 40.9 Å². The van der Waals surface area contributed by atoms with E-state index in [2.05, 4.69) is 38.1 Å². The number of nitrogens with one attached hydrogen (secondary N) is 3. The van der Waals surface area contributed by atoms with Gasteiger partial charge in [0.05, 0.1) is 18.6 Å². The second kappa shape index (κ2) is 10.1. The summed E-state index contributed by atoms with van der Waals surface area (Å²) in [5.41, 5.74) is 3.15. The highest BCUT2D eigenvalue weighted by atomic mass is 32.1. The van der Waals surface area contributed by atoms with E-state index < -0.39 is 6.09 Å². The molecule has 2 amide bonds. The molecular formula is C17H21N5O3S. The first-order valence-corrected chi connectivity index (χ1v) is 8.93. The van der Waals surface area contributed by atoms with Gasteiger partial charge in [0.15, 0.2) is 5.13 Å². The molecule has 2 rings (SSSR count). The fourth-order valence-electron chi connectivity index (χ4n) is 2.12. The minimum Gasteiger partial charge on any atom is -0.465 e. The van der Waals surface area contributed by atoms with Crippen LogP contribution in [0.25, 0.3) is 0 Å². The number of amides is 2. The molecular weight excluding hydrogens is 354 g/mol. The maximum atomic E-state index is 11.0. The van der Waals surface area contributed by atoms with Crippen molar-refractivity contribution >= 4 is 40.5 Å². The molecule has 0 fully saturated rings. The SMILES string of the molecule is CC(=O)Nc1nc(CCc2ccc(NCCN=CNC(=O)O)cc2)cs1. The Labute approximate surface area is 155 Å². The van der Waals surface area contributed by atoms with Crippen LogP contribution in [-0.2, 0) is 17.6 Å². The average molecular weight is 375 g/mol. The van der Waals surface area contributed by atoms with Crippen molar-refractivity contribution in [1.82, 2.24) is 10.3 Å². The number of carboxylic acid groups (broad SMARTS) is 1. The Kier molecular flexibility index (Phi) is 7.56. The van der Waals surface area contributed by atoms with Gasteiger partial charge in [-0.2, -0.15) is 0 Å². The summed E-state index contributed by atoms with van der Waals surface area (Å²) in [5, 5.41) is 18.9. The average Bonchev–Trinajstić information content (AvgIpc) is 3.03. The second-order valence-electron chi connectivity index (χ2n) is 5.43. The zero-order valence-electron chi connectivity index (χ0n) is 14.4. The number of aromatic nitrogens is 1. The lowest BCUT2D eigenvalue weighted by molar-refractivity contribution is -0.114. The van der Waals surface area contributed by atoms with E-state index in [0.717, 1.165) is 24.2 Å². The molecule has 4 N–H and O–H groups in total. The van der Waals surface area contributed by atoms with E-state index >= 15 is 0 Å². The smallest absolute Gasteiger partial charge is 0.409 e. The van der Waals surface area contributed by atoms with Gasteiger partial charge in [0.1, 0.15) is 0 Å². The minimum atomic E-state index is -1.12. The van der Waals surface area contributed by atoms with Gasteiger partial charge in [-0.3, -0.25) is 15.1 Å². The van der Waals surface area contributed by atoms with Crippen LogP contribution in [0.1, 0.15) is 18.2 Å². The summed E-state index contributed by atoms with van der Waals surface area (Å²) in [6.07, 6.45) is 1.73. The number of nitrogens with zero attached hydrogens (tertiary/aromatic N) is 2. The van der Waals surface area contributed by atoms with Crippen LogP contribution in [0, 0.1) is 0 Å². The number of thiazole rings is 1. The number of rotatable bonds is 9. The van der Waals surface area contributed by atoms with Crippen molar-refractivity contribution in [2.45, 2.75) is 19.8 Å². The molecule has 138 valence electrons. The monoisotopic (exact) mass is 375 g/mol. The van der Waals surface area contributed by atoms with Gasteiger partial charge in [-0.1, -0.05) is 12.1 Å². The van der Waals surface area contributed by atoms with E-state index in [1.807, 2.05) is 17.5 Å². The Morgan fingerprint density at radius 2 is 2.04 bits per heavy atom. The van der Waals surface area contributed by atoms with Crippen LogP contribution in [0.4, 0.5) is 15.6 Å². The first kappa shape index (κ1) is 19.4. The fourth-order valence-corrected chi connectivity index (χ4v) is 2.91. The number of benzene rings is 1.